The van der Waals surface area contributed by atoms with Gasteiger partial charge in [-0.25, -0.2) is 9.07 Å². The van der Waals surface area contributed by atoms with E-state index in [-0.39, 0.29) is 18.4 Å². The van der Waals surface area contributed by atoms with Crippen LogP contribution in [0.25, 0.3) is 11.0 Å². The van der Waals surface area contributed by atoms with Crippen LogP contribution in [0.15, 0.2) is 78.9 Å². The van der Waals surface area contributed by atoms with Crippen LogP contribution in [0.3, 0.4) is 0 Å². The maximum Gasteiger partial charge on any atom is 0.249 e. The Kier molecular flexibility index (Phi) is 6.91. The summed E-state index contributed by atoms with van der Waals surface area (Å²) in [5.74, 6) is -1.14. The molecule has 4 aromatic rings. The Hall–Kier alpha value is -4.07. The summed E-state index contributed by atoms with van der Waals surface area (Å²) in [5, 5.41) is 11.3. The first-order chi connectivity index (χ1) is 16.8. The zero-order valence-corrected chi connectivity index (χ0v) is 20.0. The minimum Gasteiger partial charge on any atom is -0.349 e. The molecule has 0 radical (unpaired) electrons. The largest absolute Gasteiger partial charge is 0.349 e. The fourth-order valence-corrected chi connectivity index (χ4v) is 3.82. The van der Waals surface area contributed by atoms with Gasteiger partial charge in [0.25, 0.3) is 0 Å². The molecule has 0 aliphatic rings. The van der Waals surface area contributed by atoms with E-state index in [1.54, 1.807) is 24.3 Å². The van der Waals surface area contributed by atoms with E-state index in [9.17, 15) is 14.0 Å². The zero-order valence-electron chi connectivity index (χ0n) is 20.0. The van der Waals surface area contributed by atoms with Crippen molar-refractivity contribution in [1.29, 1.82) is 0 Å². The first-order valence-corrected chi connectivity index (χ1v) is 11.5. The number of para-hydroxylation sites is 2. The third kappa shape index (κ3) is 5.37. The lowest BCUT2D eigenvalue weighted by Crippen LogP contribution is -2.51. The van der Waals surface area contributed by atoms with E-state index in [1.807, 2.05) is 51.1 Å². The standard InChI is InChI=1S/C27H28FN5O2/c1-4-27(2,3)29-26(35)25(19-14-16-20(28)17-15-19)33(21-10-6-5-7-11-21)24(34)18-32-23-13-9-8-12-22(23)30-31-32/h5-17,25H,4,18H2,1-3H3,(H,29,35)/t25-/m0/s1. The van der Waals surface area contributed by atoms with E-state index < -0.39 is 17.4 Å². The quantitative estimate of drug-likeness (QED) is 0.404. The fourth-order valence-electron chi connectivity index (χ4n) is 3.82. The van der Waals surface area contributed by atoms with Crippen LogP contribution in [-0.4, -0.2) is 32.3 Å². The van der Waals surface area contributed by atoms with Crippen LogP contribution >= 0.6 is 0 Å². The van der Waals surface area contributed by atoms with E-state index in [4.69, 9.17) is 0 Å². The molecule has 1 atom stereocenters. The predicted molar refractivity (Wildman–Crippen MR) is 133 cm³/mol. The lowest BCUT2D eigenvalue weighted by Gasteiger charge is -2.34. The monoisotopic (exact) mass is 473 g/mol. The topological polar surface area (TPSA) is 80.1 Å². The summed E-state index contributed by atoms with van der Waals surface area (Å²) >= 11 is 0. The first-order valence-electron chi connectivity index (χ1n) is 11.5. The number of halogens is 1. The van der Waals surface area contributed by atoms with Crippen molar-refractivity contribution in [2.75, 3.05) is 4.90 Å². The van der Waals surface area contributed by atoms with Gasteiger partial charge in [-0.1, -0.05) is 54.6 Å². The van der Waals surface area contributed by atoms with Gasteiger partial charge >= 0.3 is 0 Å². The number of aromatic nitrogens is 3. The molecule has 1 N–H and O–H groups in total. The Balaban J connectivity index is 1.79. The van der Waals surface area contributed by atoms with E-state index >= 15 is 0 Å². The third-order valence-electron chi connectivity index (χ3n) is 6.05. The van der Waals surface area contributed by atoms with Gasteiger partial charge in [0, 0.05) is 11.2 Å². The number of carbonyl (C=O) groups is 2. The number of nitrogens with zero attached hydrogens (tertiary/aromatic N) is 4. The van der Waals surface area contributed by atoms with E-state index in [2.05, 4.69) is 15.6 Å². The molecule has 0 saturated heterocycles. The SMILES string of the molecule is CCC(C)(C)NC(=O)[C@H](c1ccc(F)cc1)N(C(=O)Cn1nnc2ccccc21)c1ccccc1. The van der Waals surface area contributed by atoms with Crippen LogP contribution in [0.1, 0.15) is 38.8 Å². The van der Waals surface area contributed by atoms with E-state index in [0.29, 0.717) is 28.7 Å². The number of amides is 2. The number of fused-ring (bicyclic) bond motifs is 1. The lowest BCUT2D eigenvalue weighted by molar-refractivity contribution is -0.128. The zero-order chi connectivity index (χ0) is 25.0. The van der Waals surface area contributed by atoms with Gasteiger partial charge in [0.1, 0.15) is 23.9 Å². The molecule has 2 amide bonds. The van der Waals surface area contributed by atoms with Gasteiger partial charge in [-0.2, -0.15) is 0 Å². The average Bonchev–Trinajstić information content (AvgIpc) is 3.26. The second-order valence-corrected chi connectivity index (χ2v) is 9.02. The molecule has 0 aliphatic heterocycles. The minimum absolute atomic E-state index is 0.127. The summed E-state index contributed by atoms with van der Waals surface area (Å²) in [6, 6.07) is 21.0. The highest BCUT2D eigenvalue weighted by Gasteiger charge is 2.35. The smallest absolute Gasteiger partial charge is 0.249 e. The molecule has 0 aliphatic carbocycles. The molecule has 3 aromatic carbocycles. The van der Waals surface area contributed by atoms with Gasteiger partial charge in [-0.15, -0.1) is 5.10 Å². The number of hydrogen-bond acceptors (Lipinski definition) is 4. The molecule has 0 unspecified atom stereocenters. The van der Waals surface area contributed by atoms with Crippen molar-refractivity contribution in [2.45, 2.75) is 45.3 Å². The molecule has 4 rings (SSSR count). The van der Waals surface area contributed by atoms with Gasteiger partial charge in [-0.3, -0.25) is 14.5 Å². The van der Waals surface area contributed by atoms with Crippen LogP contribution in [-0.2, 0) is 16.1 Å². The molecule has 0 saturated carbocycles. The second-order valence-electron chi connectivity index (χ2n) is 9.02. The molecule has 35 heavy (non-hydrogen) atoms. The molecule has 0 spiro atoms. The lowest BCUT2D eigenvalue weighted by atomic mass is 9.98. The summed E-state index contributed by atoms with van der Waals surface area (Å²) in [7, 11) is 0. The van der Waals surface area contributed by atoms with Crippen molar-refractivity contribution >= 4 is 28.5 Å². The van der Waals surface area contributed by atoms with Gasteiger partial charge < -0.3 is 5.32 Å². The summed E-state index contributed by atoms with van der Waals surface area (Å²) in [4.78, 5) is 29.0. The fraction of sp³-hybridized carbons (Fsp3) is 0.259. The maximum atomic E-state index is 13.9. The van der Waals surface area contributed by atoms with Gasteiger partial charge in [0.15, 0.2) is 0 Å². The molecular weight excluding hydrogens is 445 g/mol. The Morgan fingerprint density at radius 3 is 2.34 bits per heavy atom. The normalized spacial score (nSPS) is 12.3. The van der Waals surface area contributed by atoms with Crippen molar-refractivity contribution in [3.63, 3.8) is 0 Å². The Labute approximate surface area is 203 Å². The Morgan fingerprint density at radius 2 is 1.66 bits per heavy atom. The van der Waals surface area contributed by atoms with Gasteiger partial charge in [0.2, 0.25) is 11.8 Å². The molecule has 0 fully saturated rings. The highest BCUT2D eigenvalue weighted by Crippen LogP contribution is 2.29. The molecule has 1 aromatic heterocycles. The van der Waals surface area contributed by atoms with Crippen molar-refractivity contribution in [3.8, 4) is 0 Å². The summed E-state index contributed by atoms with van der Waals surface area (Å²) in [6.45, 7) is 5.69. The summed E-state index contributed by atoms with van der Waals surface area (Å²) in [6.07, 6.45) is 0.694. The van der Waals surface area contributed by atoms with Crippen LogP contribution in [0.2, 0.25) is 0 Å². The van der Waals surface area contributed by atoms with Crippen molar-refractivity contribution in [3.05, 3.63) is 90.2 Å². The Bertz CT molecular complexity index is 1320. The predicted octanol–water partition coefficient (Wildman–Crippen LogP) is 4.65. The minimum atomic E-state index is -1.02. The van der Waals surface area contributed by atoms with Crippen LogP contribution in [0.5, 0.6) is 0 Å². The third-order valence-corrected chi connectivity index (χ3v) is 6.05. The highest BCUT2D eigenvalue weighted by molar-refractivity contribution is 6.01. The van der Waals surface area contributed by atoms with E-state index in [0.717, 1.165) is 0 Å². The summed E-state index contributed by atoms with van der Waals surface area (Å²) < 4.78 is 15.3. The number of anilines is 1. The van der Waals surface area contributed by atoms with Crippen LogP contribution < -0.4 is 10.2 Å². The first kappa shape index (κ1) is 24.1. The number of nitrogens with one attached hydrogen (secondary N) is 1. The average molecular weight is 474 g/mol. The number of benzene rings is 3. The molecular formula is C27H28FN5O2. The molecule has 1 heterocycles. The number of rotatable bonds is 8. The van der Waals surface area contributed by atoms with Crippen molar-refractivity contribution < 1.29 is 14.0 Å². The van der Waals surface area contributed by atoms with Crippen LogP contribution in [0, 0.1) is 5.82 Å². The molecule has 7 nitrogen and oxygen atoms in total. The summed E-state index contributed by atoms with van der Waals surface area (Å²) in [5.41, 5.74) is 1.92. The second kappa shape index (κ2) is 10.0. The van der Waals surface area contributed by atoms with Crippen LogP contribution in [0.4, 0.5) is 10.1 Å². The van der Waals surface area contributed by atoms with Gasteiger partial charge in [-0.05, 0) is 62.2 Å². The Morgan fingerprint density at radius 1 is 1.00 bits per heavy atom. The van der Waals surface area contributed by atoms with Gasteiger partial charge in [0.05, 0.1) is 5.52 Å². The van der Waals surface area contributed by atoms with Crippen molar-refractivity contribution in [2.24, 2.45) is 0 Å². The van der Waals surface area contributed by atoms with E-state index in [1.165, 1.54) is 33.8 Å². The van der Waals surface area contributed by atoms with Crippen molar-refractivity contribution in [1.82, 2.24) is 20.3 Å². The highest BCUT2D eigenvalue weighted by atomic mass is 19.1. The number of hydrogen-bond donors (Lipinski definition) is 1. The maximum absolute atomic E-state index is 13.9. The number of carbonyl (C=O) groups excluding carboxylic acids is 2. The molecule has 180 valence electrons. The molecule has 0 bridgehead atoms. The molecule has 8 heteroatoms.